The summed E-state index contributed by atoms with van der Waals surface area (Å²) in [6.07, 6.45) is 4.05. The molecule has 31 heavy (non-hydrogen) atoms. The molecule has 1 aromatic carbocycles. The molecule has 0 aliphatic carbocycles. The minimum Gasteiger partial charge on any atom is -0.493 e. The lowest BCUT2D eigenvalue weighted by Crippen LogP contribution is -2.19. The molecule has 0 atom stereocenters. The number of rotatable bonds is 6. The fourth-order valence-corrected chi connectivity index (χ4v) is 3.39. The average Bonchev–Trinajstić information content (AvgIpc) is 3.48. The van der Waals surface area contributed by atoms with E-state index in [2.05, 4.69) is 25.8 Å². The van der Waals surface area contributed by atoms with Crippen molar-refractivity contribution in [1.82, 2.24) is 20.5 Å². The molecule has 0 radical (unpaired) electrons. The molecule has 0 saturated carbocycles. The molecule has 9 heteroatoms. The van der Waals surface area contributed by atoms with Gasteiger partial charge in [0.15, 0.2) is 5.82 Å². The topological polar surface area (TPSA) is 111 Å². The van der Waals surface area contributed by atoms with E-state index in [1.807, 2.05) is 18.2 Å². The third-order valence-corrected chi connectivity index (χ3v) is 4.97. The third-order valence-electron chi connectivity index (χ3n) is 4.97. The summed E-state index contributed by atoms with van der Waals surface area (Å²) in [6.45, 7) is 0.893. The second-order valence-corrected chi connectivity index (χ2v) is 6.98. The Kier molecular flexibility index (Phi) is 4.83. The Balaban J connectivity index is 1.36. The van der Waals surface area contributed by atoms with Gasteiger partial charge < -0.3 is 24.5 Å². The number of hydrogen-bond acceptors (Lipinski definition) is 8. The maximum Gasteiger partial charge on any atom is 0.278 e. The van der Waals surface area contributed by atoms with E-state index in [1.165, 1.54) is 5.56 Å². The molecule has 1 amide bonds. The van der Waals surface area contributed by atoms with Gasteiger partial charge in [-0.3, -0.25) is 9.78 Å². The van der Waals surface area contributed by atoms with Gasteiger partial charge in [-0.25, -0.2) is 0 Å². The molecular weight excluding hydrogens is 398 g/mol. The first kappa shape index (κ1) is 18.9. The number of aromatic nitrogens is 3. The Morgan fingerprint density at radius 2 is 2.13 bits per heavy atom. The number of nitrogens with one attached hydrogen (secondary N) is 2. The van der Waals surface area contributed by atoms with Crippen LogP contribution >= 0.6 is 0 Å². The Morgan fingerprint density at radius 1 is 1.19 bits per heavy atom. The number of ether oxygens (including phenoxy) is 2. The summed E-state index contributed by atoms with van der Waals surface area (Å²) in [5, 5.41) is 15.0. The highest BCUT2D eigenvalue weighted by molar-refractivity contribution is 5.93. The van der Waals surface area contributed by atoms with Gasteiger partial charge in [-0.05, 0) is 35.4 Å². The van der Waals surface area contributed by atoms with Crippen LogP contribution in [0.25, 0.3) is 11.0 Å². The van der Waals surface area contributed by atoms with E-state index in [0.717, 1.165) is 28.8 Å². The summed E-state index contributed by atoms with van der Waals surface area (Å²) >= 11 is 0. The highest BCUT2D eigenvalue weighted by Gasteiger charge is 2.16. The minimum absolute atomic E-state index is 0.186. The standard InChI is InChI=1S/C22H19N5O4/c1-23-21(28)17-10-13(4-7-24-17)12-31-22-19-16(6-9-30-19)20(26-27-22)25-15-3-2-14-5-8-29-18(14)11-15/h2-4,6-7,9-11H,5,8,12H2,1H3,(H,23,28)(H,25,26). The van der Waals surface area contributed by atoms with Gasteiger partial charge in [0.25, 0.3) is 11.8 Å². The molecule has 0 fully saturated rings. The fourth-order valence-electron chi connectivity index (χ4n) is 3.39. The first-order valence-corrected chi connectivity index (χ1v) is 9.78. The predicted octanol–water partition coefficient (Wildman–Crippen LogP) is 3.23. The van der Waals surface area contributed by atoms with Crippen LogP contribution in [-0.2, 0) is 13.0 Å². The Morgan fingerprint density at radius 3 is 3.03 bits per heavy atom. The van der Waals surface area contributed by atoms with E-state index in [-0.39, 0.29) is 18.4 Å². The highest BCUT2D eigenvalue weighted by atomic mass is 16.5. The molecule has 5 rings (SSSR count). The van der Waals surface area contributed by atoms with Crippen LogP contribution in [0.3, 0.4) is 0 Å². The third kappa shape index (κ3) is 3.73. The van der Waals surface area contributed by atoms with Gasteiger partial charge in [-0.2, -0.15) is 0 Å². The van der Waals surface area contributed by atoms with Crippen LogP contribution < -0.4 is 20.1 Å². The fraction of sp³-hybridized carbons (Fsp3) is 0.182. The molecule has 0 unspecified atom stereocenters. The maximum absolute atomic E-state index is 11.8. The molecule has 9 nitrogen and oxygen atoms in total. The molecule has 0 bridgehead atoms. The normalized spacial score (nSPS) is 12.3. The van der Waals surface area contributed by atoms with Crippen LogP contribution in [0.1, 0.15) is 21.6 Å². The first-order valence-electron chi connectivity index (χ1n) is 9.78. The second kappa shape index (κ2) is 7.94. The van der Waals surface area contributed by atoms with Crippen LogP contribution in [0, 0.1) is 0 Å². The number of carbonyl (C=O) groups is 1. The van der Waals surface area contributed by atoms with E-state index in [9.17, 15) is 4.79 Å². The van der Waals surface area contributed by atoms with Crippen molar-refractivity contribution in [1.29, 1.82) is 0 Å². The van der Waals surface area contributed by atoms with Crippen molar-refractivity contribution in [2.45, 2.75) is 13.0 Å². The number of anilines is 2. The van der Waals surface area contributed by atoms with Gasteiger partial charge in [-0.1, -0.05) is 6.07 Å². The summed E-state index contributed by atoms with van der Waals surface area (Å²) in [4.78, 5) is 15.8. The monoisotopic (exact) mass is 417 g/mol. The zero-order valence-electron chi connectivity index (χ0n) is 16.7. The molecule has 0 spiro atoms. The van der Waals surface area contributed by atoms with Crippen molar-refractivity contribution in [3.05, 3.63) is 65.7 Å². The summed E-state index contributed by atoms with van der Waals surface area (Å²) in [6, 6.07) is 11.2. The summed E-state index contributed by atoms with van der Waals surface area (Å²) < 4.78 is 17.1. The van der Waals surface area contributed by atoms with Crippen molar-refractivity contribution in [3.8, 4) is 11.6 Å². The first-order chi connectivity index (χ1) is 15.2. The van der Waals surface area contributed by atoms with Crippen LogP contribution in [0.5, 0.6) is 11.6 Å². The molecule has 4 heterocycles. The van der Waals surface area contributed by atoms with Crippen molar-refractivity contribution in [2.75, 3.05) is 19.0 Å². The van der Waals surface area contributed by atoms with Gasteiger partial charge in [-0.15, -0.1) is 10.2 Å². The number of pyridine rings is 1. The molecule has 1 aliphatic heterocycles. The molecular formula is C22H19N5O4. The lowest BCUT2D eigenvalue weighted by Gasteiger charge is -2.10. The predicted molar refractivity (Wildman–Crippen MR) is 113 cm³/mol. The summed E-state index contributed by atoms with van der Waals surface area (Å²) in [5.74, 6) is 1.44. The Hall–Kier alpha value is -4.14. The Labute approximate surface area is 177 Å². The number of hydrogen-bond donors (Lipinski definition) is 2. The summed E-state index contributed by atoms with van der Waals surface area (Å²) in [7, 11) is 1.56. The second-order valence-electron chi connectivity index (χ2n) is 6.98. The van der Waals surface area contributed by atoms with E-state index in [1.54, 1.807) is 37.7 Å². The molecule has 1 aliphatic rings. The van der Waals surface area contributed by atoms with Gasteiger partial charge in [0, 0.05) is 31.4 Å². The number of benzene rings is 1. The quantitative estimate of drug-likeness (QED) is 0.492. The zero-order chi connectivity index (χ0) is 21.2. The largest absolute Gasteiger partial charge is 0.493 e. The van der Waals surface area contributed by atoms with E-state index < -0.39 is 0 Å². The van der Waals surface area contributed by atoms with E-state index in [0.29, 0.717) is 23.7 Å². The van der Waals surface area contributed by atoms with Crippen LogP contribution in [0.15, 0.2) is 53.3 Å². The zero-order valence-corrected chi connectivity index (χ0v) is 16.7. The number of amides is 1. The minimum atomic E-state index is -0.262. The van der Waals surface area contributed by atoms with Crippen LogP contribution in [0.4, 0.5) is 11.5 Å². The van der Waals surface area contributed by atoms with Crippen molar-refractivity contribution < 1.29 is 18.7 Å². The lowest BCUT2D eigenvalue weighted by atomic mass is 10.1. The lowest BCUT2D eigenvalue weighted by molar-refractivity contribution is 0.0958. The maximum atomic E-state index is 11.8. The van der Waals surface area contributed by atoms with Gasteiger partial charge in [0.1, 0.15) is 18.1 Å². The molecule has 3 aromatic heterocycles. The molecule has 2 N–H and O–H groups in total. The summed E-state index contributed by atoms with van der Waals surface area (Å²) in [5.41, 5.74) is 3.62. The van der Waals surface area contributed by atoms with Crippen molar-refractivity contribution >= 4 is 28.4 Å². The number of furan rings is 1. The highest BCUT2D eigenvalue weighted by Crippen LogP contribution is 2.33. The molecule has 156 valence electrons. The smallest absolute Gasteiger partial charge is 0.278 e. The van der Waals surface area contributed by atoms with Gasteiger partial charge in [0.05, 0.1) is 18.3 Å². The van der Waals surface area contributed by atoms with Crippen LogP contribution in [0.2, 0.25) is 0 Å². The van der Waals surface area contributed by atoms with Crippen LogP contribution in [-0.4, -0.2) is 34.7 Å². The SMILES string of the molecule is CNC(=O)c1cc(COc2nnc(Nc3ccc4c(c3)OCC4)c3ccoc23)ccn1. The Bertz CT molecular complexity index is 1270. The van der Waals surface area contributed by atoms with E-state index in [4.69, 9.17) is 13.9 Å². The van der Waals surface area contributed by atoms with Gasteiger partial charge >= 0.3 is 0 Å². The number of nitrogens with zero attached hydrogens (tertiary/aromatic N) is 3. The van der Waals surface area contributed by atoms with E-state index >= 15 is 0 Å². The molecule has 4 aromatic rings. The van der Waals surface area contributed by atoms with Crippen molar-refractivity contribution in [3.63, 3.8) is 0 Å². The van der Waals surface area contributed by atoms with Crippen molar-refractivity contribution in [2.24, 2.45) is 0 Å². The number of fused-ring (bicyclic) bond motifs is 2. The molecule has 0 saturated heterocycles. The number of carbonyl (C=O) groups excluding carboxylic acids is 1. The average molecular weight is 417 g/mol. The van der Waals surface area contributed by atoms with Gasteiger partial charge in [0.2, 0.25) is 5.58 Å².